The number of fused-ring (bicyclic) bond motifs is 1. The Balaban J connectivity index is 1.86. The number of nitrogens with one attached hydrogen (secondary N) is 1. The predicted octanol–water partition coefficient (Wildman–Crippen LogP) is 5.55. The fourth-order valence-electron chi connectivity index (χ4n) is 3.29. The van der Waals surface area contributed by atoms with Crippen LogP contribution in [0.2, 0.25) is 0 Å². The van der Waals surface area contributed by atoms with Gasteiger partial charge in [0.05, 0.1) is 17.1 Å². The highest BCUT2D eigenvalue weighted by atomic mass is 19.1. The summed E-state index contributed by atoms with van der Waals surface area (Å²) in [4.78, 5) is 22.4. The summed E-state index contributed by atoms with van der Waals surface area (Å²) in [6.45, 7) is 9.77. The van der Waals surface area contributed by atoms with Gasteiger partial charge in [0.15, 0.2) is 0 Å². The number of hydrogen-bond donors (Lipinski definition) is 1. The molecule has 0 fully saturated rings. The van der Waals surface area contributed by atoms with Gasteiger partial charge in [-0.05, 0) is 76.4 Å². The molecule has 5 nitrogen and oxygen atoms in total. The Labute approximate surface area is 170 Å². The van der Waals surface area contributed by atoms with Crippen molar-refractivity contribution >= 4 is 17.1 Å². The molecule has 1 unspecified atom stereocenters. The monoisotopic (exact) mass is 397 g/mol. The van der Waals surface area contributed by atoms with E-state index in [9.17, 15) is 9.18 Å². The van der Waals surface area contributed by atoms with Crippen molar-refractivity contribution in [1.82, 2.24) is 14.9 Å². The quantitative estimate of drug-likeness (QED) is 0.614. The number of H-pyrrole nitrogens is 1. The Morgan fingerprint density at radius 2 is 2.03 bits per heavy atom. The molecule has 2 aromatic heterocycles. The second kappa shape index (κ2) is 8.23. The molecular weight excluding hydrogens is 369 g/mol. The fourth-order valence-corrected chi connectivity index (χ4v) is 3.29. The van der Waals surface area contributed by atoms with Gasteiger partial charge < -0.3 is 14.6 Å². The van der Waals surface area contributed by atoms with Crippen molar-refractivity contribution in [1.29, 1.82) is 0 Å². The van der Waals surface area contributed by atoms with Gasteiger partial charge in [-0.15, -0.1) is 0 Å². The van der Waals surface area contributed by atoms with Crippen LogP contribution < -0.4 is 0 Å². The highest BCUT2D eigenvalue weighted by Crippen LogP contribution is 2.25. The number of aromatic amines is 1. The van der Waals surface area contributed by atoms with Gasteiger partial charge in [-0.3, -0.25) is 4.98 Å². The summed E-state index contributed by atoms with van der Waals surface area (Å²) in [5, 5.41) is 0. The SMILES string of the molecule is Cc1ccc2[nH]cc(CCN(C(=O)OC(C)(C)C)C(C)c3cccc(F)c3)c2n1. The van der Waals surface area contributed by atoms with E-state index in [1.807, 2.05) is 59.0 Å². The molecule has 0 aliphatic heterocycles. The van der Waals surface area contributed by atoms with Gasteiger partial charge >= 0.3 is 6.09 Å². The standard InChI is InChI=1S/C23H28FN3O2/c1-15-9-10-20-21(26-15)18(14-25-20)11-12-27(22(28)29-23(3,4)5)16(2)17-7-6-8-19(24)13-17/h6-10,13-14,16,25H,11-12H2,1-5H3. The molecule has 0 aliphatic carbocycles. The number of aryl methyl sites for hydroxylation is 1. The maximum Gasteiger partial charge on any atom is 0.410 e. The average molecular weight is 397 g/mol. The van der Waals surface area contributed by atoms with Crippen molar-refractivity contribution in [2.45, 2.75) is 52.7 Å². The second-order valence-electron chi connectivity index (χ2n) is 8.32. The van der Waals surface area contributed by atoms with Gasteiger partial charge in [0, 0.05) is 18.4 Å². The predicted molar refractivity (Wildman–Crippen MR) is 112 cm³/mol. The smallest absolute Gasteiger partial charge is 0.410 e. The first kappa shape index (κ1) is 20.8. The summed E-state index contributed by atoms with van der Waals surface area (Å²) in [6, 6.07) is 9.96. The molecule has 6 heteroatoms. The number of pyridine rings is 1. The Bertz CT molecular complexity index is 1010. The third-order valence-corrected chi connectivity index (χ3v) is 4.79. The molecule has 3 rings (SSSR count). The minimum Gasteiger partial charge on any atom is -0.444 e. The molecule has 0 saturated heterocycles. The molecule has 29 heavy (non-hydrogen) atoms. The molecule has 3 aromatic rings. The van der Waals surface area contributed by atoms with Crippen LogP contribution in [0.5, 0.6) is 0 Å². The van der Waals surface area contributed by atoms with Crippen LogP contribution in [0, 0.1) is 12.7 Å². The molecule has 0 radical (unpaired) electrons. The first-order chi connectivity index (χ1) is 13.6. The van der Waals surface area contributed by atoms with Crippen molar-refractivity contribution in [3.05, 3.63) is 65.2 Å². The molecule has 1 N–H and O–H groups in total. The number of hydrogen-bond acceptors (Lipinski definition) is 3. The van der Waals surface area contributed by atoms with Gasteiger partial charge in [-0.1, -0.05) is 12.1 Å². The van der Waals surface area contributed by atoms with E-state index in [-0.39, 0.29) is 11.9 Å². The van der Waals surface area contributed by atoms with Gasteiger partial charge in [0.1, 0.15) is 11.4 Å². The van der Waals surface area contributed by atoms with Gasteiger partial charge in [0.2, 0.25) is 0 Å². The maximum absolute atomic E-state index is 13.7. The lowest BCUT2D eigenvalue weighted by Gasteiger charge is -2.32. The Hall–Kier alpha value is -2.89. The number of nitrogens with zero attached hydrogens (tertiary/aromatic N) is 2. The number of benzene rings is 1. The number of ether oxygens (including phenoxy) is 1. The van der Waals surface area contributed by atoms with Gasteiger partial charge in [-0.2, -0.15) is 0 Å². The topological polar surface area (TPSA) is 58.2 Å². The molecule has 154 valence electrons. The number of carbonyl (C=O) groups is 1. The number of amides is 1. The third kappa shape index (κ3) is 5.13. The van der Waals surface area contributed by atoms with E-state index in [0.717, 1.165) is 27.9 Å². The Morgan fingerprint density at radius 1 is 1.28 bits per heavy atom. The molecule has 2 heterocycles. The zero-order valence-electron chi connectivity index (χ0n) is 17.6. The van der Waals surface area contributed by atoms with E-state index in [2.05, 4.69) is 9.97 Å². The minimum absolute atomic E-state index is 0.324. The van der Waals surface area contributed by atoms with Crippen molar-refractivity contribution < 1.29 is 13.9 Å². The Kier molecular flexibility index (Phi) is 5.91. The summed E-state index contributed by atoms with van der Waals surface area (Å²) in [5.41, 5.74) is 3.96. The molecule has 0 aliphatic rings. The zero-order chi connectivity index (χ0) is 21.2. The molecule has 1 atom stereocenters. The van der Waals surface area contributed by atoms with E-state index in [1.54, 1.807) is 11.0 Å². The van der Waals surface area contributed by atoms with Gasteiger partial charge in [0.25, 0.3) is 0 Å². The number of halogens is 1. The zero-order valence-corrected chi connectivity index (χ0v) is 17.6. The highest BCUT2D eigenvalue weighted by Gasteiger charge is 2.27. The van der Waals surface area contributed by atoms with E-state index in [4.69, 9.17) is 4.74 Å². The molecule has 1 amide bonds. The van der Waals surface area contributed by atoms with Crippen LogP contribution in [0.1, 0.15) is 50.6 Å². The maximum atomic E-state index is 13.7. The van der Waals surface area contributed by atoms with Crippen LogP contribution in [0.15, 0.2) is 42.6 Å². The van der Waals surface area contributed by atoms with Crippen LogP contribution in [0.3, 0.4) is 0 Å². The molecule has 0 bridgehead atoms. The normalized spacial score (nSPS) is 12.8. The van der Waals surface area contributed by atoms with E-state index in [0.29, 0.717) is 13.0 Å². The van der Waals surface area contributed by atoms with Crippen LogP contribution in [0.25, 0.3) is 11.0 Å². The molecule has 1 aromatic carbocycles. The van der Waals surface area contributed by atoms with Crippen LogP contribution in [0.4, 0.5) is 9.18 Å². The van der Waals surface area contributed by atoms with Crippen molar-refractivity contribution in [3.8, 4) is 0 Å². The first-order valence-electron chi connectivity index (χ1n) is 9.83. The highest BCUT2D eigenvalue weighted by molar-refractivity contribution is 5.79. The number of aromatic nitrogens is 2. The lowest BCUT2D eigenvalue weighted by Crippen LogP contribution is -2.39. The van der Waals surface area contributed by atoms with Crippen molar-refractivity contribution in [3.63, 3.8) is 0 Å². The summed E-state index contributed by atoms with van der Waals surface area (Å²) in [5.74, 6) is -0.324. The van der Waals surface area contributed by atoms with Crippen molar-refractivity contribution in [2.75, 3.05) is 6.54 Å². The summed E-state index contributed by atoms with van der Waals surface area (Å²) < 4.78 is 19.4. The summed E-state index contributed by atoms with van der Waals surface area (Å²) in [7, 11) is 0. The van der Waals surface area contributed by atoms with E-state index >= 15 is 0 Å². The second-order valence-corrected chi connectivity index (χ2v) is 8.32. The third-order valence-electron chi connectivity index (χ3n) is 4.79. The molecular formula is C23H28FN3O2. The summed E-state index contributed by atoms with van der Waals surface area (Å²) in [6.07, 6.45) is 2.12. The number of carbonyl (C=O) groups excluding carboxylic acids is 1. The molecule has 0 saturated carbocycles. The summed E-state index contributed by atoms with van der Waals surface area (Å²) >= 11 is 0. The van der Waals surface area contributed by atoms with Crippen LogP contribution in [-0.2, 0) is 11.2 Å². The minimum atomic E-state index is -0.615. The lowest BCUT2D eigenvalue weighted by atomic mass is 10.1. The fraction of sp³-hybridized carbons (Fsp3) is 0.391. The number of rotatable bonds is 5. The largest absolute Gasteiger partial charge is 0.444 e. The van der Waals surface area contributed by atoms with Crippen LogP contribution >= 0.6 is 0 Å². The Morgan fingerprint density at radius 3 is 2.72 bits per heavy atom. The van der Waals surface area contributed by atoms with Crippen LogP contribution in [-0.4, -0.2) is 33.1 Å². The average Bonchev–Trinajstić information content (AvgIpc) is 3.02. The lowest BCUT2D eigenvalue weighted by molar-refractivity contribution is 0.0176. The van der Waals surface area contributed by atoms with Crippen molar-refractivity contribution in [2.24, 2.45) is 0 Å². The van der Waals surface area contributed by atoms with Gasteiger partial charge in [-0.25, -0.2) is 9.18 Å². The van der Waals surface area contributed by atoms with E-state index in [1.165, 1.54) is 12.1 Å². The molecule has 0 spiro atoms. The van der Waals surface area contributed by atoms with E-state index < -0.39 is 11.7 Å². The first-order valence-corrected chi connectivity index (χ1v) is 9.83.